The van der Waals surface area contributed by atoms with E-state index in [1.165, 1.54) is 32.4 Å². The van der Waals surface area contributed by atoms with Gasteiger partial charge < -0.3 is 15.7 Å². The van der Waals surface area contributed by atoms with Gasteiger partial charge in [-0.05, 0) is 71.4 Å². The van der Waals surface area contributed by atoms with Crippen LogP contribution < -0.4 is 10.6 Å². The molecule has 0 radical (unpaired) electrons. The van der Waals surface area contributed by atoms with Gasteiger partial charge in [0.05, 0.1) is 0 Å². The number of halogens is 1. The van der Waals surface area contributed by atoms with E-state index >= 15 is 0 Å². The van der Waals surface area contributed by atoms with Crippen molar-refractivity contribution in [3.05, 3.63) is 0 Å². The SMILES string of the molecule is CCNC(=NCC(CC)(CC)CCO)NCC(C)(C)N1CCCCC1.I. The van der Waals surface area contributed by atoms with Crippen molar-refractivity contribution < 1.29 is 5.11 Å². The first kappa shape index (κ1) is 25.9. The first-order chi connectivity index (χ1) is 11.9. The molecule has 1 rings (SSSR count). The molecule has 5 nitrogen and oxygen atoms in total. The van der Waals surface area contributed by atoms with Gasteiger partial charge in [0.25, 0.3) is 0 Å². The molecule has 6 heteroatoms. The van der Waals surface area contributed by atoms with Crippen LogP contribution >= 0.6 is 24.0 Å². The third kappa shape index (κ3) is 8.30. The van der Waals surface area contributed by atoms with Gasteiger partial charge in [-0.2, -0.15) is 0 Å². The van der Waals surface area contributed by atoms with E-state index in [0.717, 1.165) is 44.9 Å². The Hall–Kier alpha value is -0.0800. The molecule has 1 aliphatic heterocycles. The van der Waals surface area contributed by atoms with Crippen molar-refractivity contribution >= 4 is 29.9 Å². The summed E-state index contributed by atoms with van der Waals surface area (Å²) in [7, 11) is 0. The van der Waals surface area contributed by atoms with Crippen LogP contribution in [-0.4, -0.2) is 60.8 Å². The fourth-order valence-electron chi connectivity index (χ4n) is 3.64. The minimum Gasteiger partial charge on any atom is -0.396 e. The molecule has 1 fully saturated rings. The van der Waals surface area contributed by atoms with Crippen molar-refractivity contribution in [2.24, 2.45) is 10.4 Å². The lowest BCUT2D eigenvalue weighted by Crippen LogP contribution is -2.55. The zero-order valence-electron chi connectivity index (χ0n) is 17.7. The van der Waals surface area contributed by atoms with Crippen molar-refractivity contribution in [1.29, 1.82) is 0 Å². The molecule has 0 saturated carbocycles. The summed E-state index contributed by atoms with van der Waals surface area (Å²) >= 11 is 0. The fourth-order valence-corrected chi connectivity index (χ4v) is 3.64. The Morgan fingerprint density at radius 2 is 1.65 bits per heavy atom. The van der Waals surface area contributed by atoms with Gasteiger partial charge in [0, 0.05) is 31.8 Å². The Balaban J connectivity index is 0.00000625. The molecular formula is C20H43IN4O. The molecule has 0 spiro atoms. The van der Waals surface area contributed by atoms with E-state index in [2.05, 4.69) is 50.2 Å². The second-order valence-corrected chi connectivity index (χ2v) is 8.09. The van der Waals surface area contributed by atoms with Crippen LogP contribution in [0, 0.1) is 5.41 Å². The minimum absolute atomic E-state index is 0. The lowest BCUT2D eigenvalue weighted by atomic mass is 9.79. The van der Waals surface area contributed by atoms with E-state index < -0.39 is 0 Å². The van der Waals surface area contributed by atoms with Gasteiger partial charge in [-0.25, -0.2) is 0 Å². The number of nitrogens with zero attached hydrogens (tertiary/aromatic N) is 2. The summed E-state index contributed by atoms with van der Waals surface area (Å²) in [5.41, 5.74) is 0.244. The van der Waals surface area contributed by atoms with E-state index in [1.54, 1.807) is 0 Å². The fraction of sp³-hybridized carbons (Fsp3) is 0.950. The zero-order valence-corrected chi connectivity index (χ0v) is 20.1. The lowest BCUT2D eigenvalue weighted by molar-refractivity contribution is 0.0982. The van der Waals surface area contributed by atoms with Crippen molar-refractivity contribution in [2.45, 2.75) is 78.7 Å². The molecule has 1 saturated heterocycles. The van der Waals surface area contributed by atoms with Gasteiger partial charge in [-0.3, -0.25) is 9.89 Å². The van der Waals surface area contributed by atoms with Crippen LogP contribution in [0.5, 0.6) is 0 Å². The monoisotopic (exact) mass is 482 g/mol. The van der Waals surface area contributed by atoms with Gasteiger partial charge in [0.2, 0.25) is 0 Å². The van der Waals surface area contributed by atoms with Crippen LogP contribution in [0.3, 0.4) is 0 Å². The zero-order chi connectivity index (χ0) is 18.8. The Morgan fingerprint density at radius 1 is 1.04 bits per heavy atom. The molecular weight excluding hydrogens is 439 g/mol. The van der Waals surface area contributed by atoms with Crippen molar-refractivity contribution in [3.8, 4) is 0 Å². The molecule has 0 aromatic rings. The number of piperidine rings is 1. The summed E-state index contributed by atoms with van der Waals surface area (Å²) in [6.07, 6.45) is 6.91. The van der Waals surface area contributed by atoms with E-state index in [9.17, 15) is 5.11 Å². The highest BCUT2D eigenvalue weighted by molar-refractivity contribution is 14.0. The average Bonchev–Trinajstić information content (AvgIpc) is 2.63. The third-order valence-electron chi connectivity index (χ3n) is 5.96. The number of guanidine groups is 1. The lowest BCUT2D eigenvalue weighted by Gasteiger charge is -2.41. The van der Waals surface area contributed by atoms with Crippen molar-refractivity contribution in [2.75, 3.05) is 39.3 Å². The van der Waals surface area contributed by atoms with Crippen LogP contribution in [0.15, 0.2) is 4.99 Å². The van der Waals surface area contributed by atoms with Crippen LogP contribution in [0.1, 0.15) is 73.1 Å². The highest BCUT2D eigenvalue weighted by Gasteiger charge is 2.28. The molecule has 0 aliphatic carbocycles. The first-order valence-electron chi connectivity index (χ1n) is 10.3. The highest BCUT2D eigenvalue weighted by atomic mass is 127. The number of aliphatic imine (C=N–C) groups is 1. The predicted octanol–water partition coefficient (Wildman–Crippen LogP) is 3.61. The van der Waals surface area contributed by atoms with E-state index in [4.69, 9.17) is 4.99 Å². The molecule has 0 atom stereocenters. The summed E-state index contributed by atoms with van der Waals surface area (Å²) in [5, 5.41) is 16.3. The largest absolute Gasteiger partial charge is 0.396 e. The number of likely N-dealkylation sites (tertiary alicyclic amines) is 1. The van der Waals surface area contributed by atoms with Gasteiger partial charge >= 0.3 is 0 Å². The molecule has 3 N–H and O–H groups in total. The van der Waals surface area contributed by atoms with Gasteiger partial charge in [0.1, 0.15) is 0 Å². The Kier molecular flexibility index (Phi) is 13.1. The highest BCUT2D eigenvalue weighted by Crippen LogP contribution is 2.30. The third-order valence-corrected chi connectivity index (χ3v) is 5.96. The maximum atomic E-state index is 9.40. The molecule has 0 aromatic heterocycles. The van der Waals surface area contributed by atoms with Crippen LogP contribution in [0.4, 0.5) is 0 Å². The van der Waals surface area contributed by atoms with E-state index in [0.29, 0.717) is 0 Å². The quantitative estimate of drug-likeness (QED) is 0.253. The van der Waals surface area contributed by atoms with Gasteiger partial charge in [-0.1, -0.05) is 20.3 Å². The molecule has 1 aliphatic rings. The summed E-state index contributed by atoms with van der Waals surface area (Å²) in [6, 6.07) is 0. The van der Waals surface area contributed by atoms with Crippen molar-refractivity contribution in [3.63, 3.8) is 0 Å². The topological polar surface area (TPSA) is 59.9 Å². The van der Waals surface area contributed by atoms with Crippen LogP contribution in [0.25, 0.3) is 0 Å². The number of rotatable bonds is 10. The Morgan fingerprint density at radius 3 is 2.15 bits per heavy atom. The molecule has 1 heterocycles. The van der Waals surface area contributed by atoms with Crippen LogP contribution in [-0.2, 0) is 0 Å². The van der Waals surface area contributed by atoms with Gasteiger partial charge in [-0.15, -0.1) is 24.0 Å². The smallest absolute Gasteiger partial charge is 0.191 e. The second kappa shape index (κ2) is 13.2. The van der Waals surface area contributed by atoms with Crippen molar-refractivity contribution in [1.82, 2.24) is 15.5 Å². The standard InChI is InChI=1S/C20H42N4O.HI/c1-6-20(7-2,12-15-25)17-23-18(21-8-3)22-16-19(4,5)24-13-10-9-11-14-24;/h25H,6-17H2,1-5H3,(H2,21,22,23);1H. The summed E-state index contributed by atoms with van der Waals surface area (Å²) in [5.74, 6) is 0.900. The molecule has 0 aromatic carbocycles. The summed E-state index contributed by atoms with van der Waals surface area (Å²) in [6.45, 7) is 16.3. The summed E-state index contributed by atoms with van der Waals surface area (Å²) in [4.78, 5) is 7.46. The maximum Gasteiger partial charge on any atom is 0.191 e. The molecule has 156 valence electrons. The van der Waals surface area contributed by atoms with Crippen LogP contribution in [0.2, 0.25) is 0 Å². The molecule has 0 amide bonds. The maximum absolute atomic E-state index is 9.40. The molecule has 0 unspecified atom stereocenters. The molecule has 0 bridgehead atoms. The normalized spacial score (nSPS) is 16.9. The number of hydrogen-bond donors (Lipinski definition) is 3. The molecule has 26 heavy (non-hydrogen) atoms. The predicted molar refractivity (Wildman–Crippen MR) is 124 cm³/mol. The Bertz CT molecular complexity index is 391. The number of aliphatic hydroxyl groups excluding tert-OH is 1. The second-order valence-electron chi connectivity index (χ2n) is 8.09. The summed E-state index contributed by atoms with van der Waals surface area (Å²) < 4.78 is 0. The average molecular weight is 482 g/mol. The number of hydrogen-bond acceptors (Lipinski definition) is 3. The van der Waals surface area contributed by atoms with E-state index in [1.807, 2.05) is 0 Å². The first-order valence-corrected chi connectivity index (χ1v) is 10.3. The minimum atomic E-state index is 0. The Labute approximate surface area is 178 Å². The number of nitrogens with one attached hydrogen (secondary N) is 2. The number of aliphatic hydroxyl groups is 1. The van der Waals surface area contributed by atoms with E-state index in [-0.39, 0.29) is 41.5 Å². The van der Waals surface area contributed by atoms with Gasteiger partial charge in [0.15, 0.2) is 5.96 Å².